The summed E-state index contributed by atoms with van der Waals surface area (Å²) >= 11 is 6.09. The molecule has 0 radical (unpaired) electrons. The zero-order valence-corrected chi connectivity index (χ0v) is 12.9. The van der Waals surface area contributed by atoms with Gasteiger partial charge in [0.2, 0.25) is 0 Å². The lowest BCUT2D eigenvalue weighted by atomic mass is 10.1. The predicted octanol–water partition coefficient (Wildman–Crippen LogP) is 5.74. The SMILES string of the molecule is Fc1ccc(Cl)c(Nn2c3cc(F)ccc3c3ccc(F)cc32)c1. The maximum absolute atomic E-state index is 13.7. The highest BCUT2D eigenvalue weighted by molar-refractivity contribution is 6.33. The summed E-state index contributed by atoms with van der Waals surface area (Å²) < 4.78 is 42.4. The summed E-state index contributed by atoms with van der Waals surface area (Å²) in [5, 5.41) is 1.78. The fourth-order valence-electron chi connectivity index (χ4n) is 2.79. The van der Waals surface area contributed by atoms with Crippen LogP contribution in [0.5, 0.6) is 0 Å². The van der Waals surface area contributed by atoms with Gasteiger partial charge in [0.15, 0.2) is 0 Å². The van der Waals surface area contributed by atoms with E-state index in [1.807, 2.05) is 0 Å². The number of rotatable bonds is 2. The summed E-state index contributed by atoms with van der Waals surface area (Å²) in [4.78, 5) is 0. The molecule has 6 heteroatoms. The average Bonchev–Trinajstić information content (AvgIpc) is 2.83. The van der Waals surface area contributed by atoms with Crippen LogP contribution in [-0.2, 0) is 0 Å². The molecule has 120 valence electrons. The first kappa shape index (κ1) is 14.9. The molecule has 0 saturated carbocycles. The number of anilines is 1. The van der Waals surface area contributed by atoms with E-state index in [0.29, 0.717) is 21.7 Å². The molecular weight excluding hydrogens is 337 g/mol. The largest absolute Gasteiger partial charge is 0.292 e. The number of nitrogens with one attached hydrogen (secondary N) is 1. The van der Waals surface area contributed by atoms with Crippen molar-refractivity contribution < 1.29 is 13.2 Å². The van der Waals surface area contributed by atoms with Gasteiger partial charge in [0.25, 0.3) is 0 Å². The molecule has 0 aliphatic rings. The third-order valence-corrected chi connectivity index (χ3v) is 4.18. The second kappa shape index (κ2) is 5.46. The van der Waals surface area contributed by atoms with Crippen LogP contribution in [-0.4, -0.2) is 4.68 Å². The molecule has 1 aromatic heterocycles. The molecule has 0 aliphatic carbocycles. The van der Waals surface area contributed by atoms with Crippen LogP contribution >= 0.6 is 11.6 Å². The molecule has 1 N–H and O–H groups in total. The Kier molecular flexibility index (Phi) is 3.39. The predicted molar refractivity (Wildman–Crippen MR) is 89.8 cm³/mol. The number of halogens is 4. The minimum atomic E-state index is -0.472. The second-order valence-corrected chi connectivity index (χ2v) is 5.80. The van der Waals surface area contributed by atoms with Gasteiger partial charge in [0.1, 0.15) is 17.5 Å². The van der Waals surface area contributed by atoms with E-state index in [1.54, 1.807) is 12.1 Å². The summed E-state index contributed by atoms with van der Waals surface area (Å²) in [5.74, 6) is -1.33. The lowest BCUT2D eigenvalue weighted by molar-refractivity contribution is 0.626. The summed E-state index contributed by atoms with van der Waals surface area (Å²) in [6.07, 6.45) is 0. The number of benzene rings is 3. The van der Waals surface area contributed by atoms with Crippen LogP contribution in [0, 0.1) is 17.5 Å². The van der Waals surface area contributed by atoms with Gasteiger partial charge < -0.3 is 0 Å². The average molecular weight is 347 g/mol. The van der Waals surface area contributed by atoms with E-state index < -0.39 is 17.5 Å². The minimum absolute atomic E-state index is 0.291. The van der Waals surface area contributed by atoms with Crippen molar-refractivity contribution in [1.82, 2.24) is 4.68 Å². The van der Waals surface area contributed by atoms with E-state index >= 15 is 0 Å². The maximum Gasteiger partial charge on any atom is 0.125 e. The Balaban J connectivity index is 2.02. The normalized spacial score (nSPS) is 11.3. The first-order chi connectivity index (χ1) is 11.5. The molecule has 0 bridgehead atoms. The second-order valence-electron chi connectivity index (χ2n) is 5.39. The fraction of sp³-hybridized carbons (Fsp3) is 0. The van der Waals surface area contributed by atoms with Crippen molar-refractivity contribution in [2.75, 3.05) is 5.43 Å². The molecule has 0 spiro atoms. The van der Waals surface area contributed by atoms with Crippen molar-refractivity contribution in [3.05, 3.63) is 77.1 Å². The molecular formula is C18H10ClF3N2. The molecule has 0 saturated heterocycles. The zero-order chi connectivity index (χ0) is 16.8. The van der Waals surface area contributed by atoms with Gasteiger partial charge in [-0.2, -0.15) is 0 Å². The van der Waals surface area contributed by atoms with E-state index in [9.17, 15) is 13.2 Å². The van der Waals surface area contributed by atoms with Gasteiger partial charge in [-0.15, -0.1) is 0 Å². The van der Waals surface area contributed by atoms with Gasteiger partial charge in [-0.3, -0.25) is 10.1 Å². The van der Waals surface area contributed by atoms with Crippen LogP contribution in [0.4, 0.5) is 18.9 Å². The molecule has 24 heavy (non-hydrogen) atoms. The van der Waals surface area contributed by atoms with Gasteiger partial charge in [-0.05, 0) is 36.4 Å². The standard InChI is InChI=1S/C18H10ClF3N2/c19-15-6-3-10(20)7-16(15)23-24-17-8-11(21)1-4-13(17)14-5-2-12(22)9-18(14)24/h1-9,23H. The lowest BCUT2D eigenvalue weighted by Crippen LogP contribution is -2.09. The van der Waals surface area contributed by atoms with Crippen LogP contribution in [0.1, 0.15) is 0 Å². The Morgan fingerprint density at radius 1 is 0.708 bits per heavy atom. The Labute approximate surface area is 140 Å². The first-order valence-electron chi connectivity index (χ1n) is 7.14. The van der Waals surface area contributed by atoms with Gasteiger partial charge in [-0.25, -0.2) is 13.2 Å². The number of hydrogen-bond acceptors (Lipinski definition) is 1. The Hall–Kier alpha value is -2.66. The Morgan fingerprint density at radius 2 is 1.21 bits per heavy atom. The smallest absolute Gasteiger partial charge is 0.125 e. The zero-order valence-electron chi connectivity index (χ0n) is 12.2. The van der Waals surface area contributed by atoms with E-state index in [0.717, 1.165) is 10.8 Å². The molecule has 0 amide bonds. The van der Waals surface area contributed by atoms with Crippen LogP contribution in [0.25, 0.3) is 21.8 Å². The van der Waals surface area contributed by atoms with E-state index in [4.69, 9.17) is 11.6 Å². The number of fused-ring (bicyclic) bond motifs is 3. The van der Waals surface area contributed by atoms with Crippen molar-refractivity contribution >= 4 is 39.1 Å². The lowest BCUT2D eigenvalue weighted by Gasteiger charge is -2.12. The highest BCUT2D eigenvalue weighted by Gasteiger charge is 2.13. The molecule has 0 aliphatic heterocycles. The van der Waals surface area contributed by atoms with E-state index in [-0.39, 0.29) is 0 Å². The van der Waals surface area contributed by atoms with Crippen LogP contribution < -0.4 is 5.43 Å². The maximum atomic E-state index is 13.7. The number of aromatic nitrogens is 1. The molecule has 0 unspecified atom stereocenters. The summed E-state index contributed by atoms with van der Waals surface area (Å²) in [6, 6.07) is 12.4. The number of nitrogens with zero attached hydrogens (tertiary/aromatic N) is 1. The van der Waals surface area contributed by atoms with Gasteiger partial charge in [0, 0.05) is 29.0 Å². The third kappa shape index (κ3) is 2.37. The van der Waals surface area contributed by atoms with Gasteiger partial charge in [-0.1, -0.05) is 11.6 Å². The van der Waals surface area contributed by atoms with Crippen molar-refractivity contribution in [3.8, 4) is 0 Å². The highest BCUT2D eigenvalue weighted by atomic mass is 35.5. The minimum Gasteiger partial charge on any atom is -0.292 e. The van der Waals surface area contributed by atoms with Crippen molar-refractivity contribution in [3.63, 3.8) is 0 Å². The summed E-state index contributed by atoms with van der Waals surface area (Å²) in [5.41, 5.74) is 4.23. The van der Waals surface area contributed by atoms with Crippen molar-refractivity contribution in [2.45, 2.75) is 0 Å². The monoisotopic (exact) mass is 346 g/mol. The first-order valence-corrected chi connectivity index (χ1v) is 7.52. The van der Waals surface area contributed by atoms with E-state index in [1.165, 1.54) is 47.1 Å². The molecule has 4 aromatic rings. The fourth-order valence-corrected chi connectivity index (χ4v) is 2.95. The molecule has 3 aromatic carbocycles. The number of hydrogen-bond donors (Lipinski definition) is 1. The molecule has 0 fully saturated rings. The van der Waals surface area contributed by atoms with Gasteiger partial charge >= 0.3 is 0 Å². The van der Waals surface area contributed by atoms with Crippen LogP contribution in [0.3, 0.4) is 0 Å². The topological polar surface area (TPSA) is 17.0 Å². The summed E-state index contributed by atoms with van der Waals surface area (Å²) in [6.45, 7) is 0. The third-order valence-electron chi connectivity index (χ3n) is 3.85. The van der Waals surface area contributed by atoms with Crippen LogP contribution in [0.15, 0.2) is 54.6 Å². The van der Waals surface area contributed by atoms with E-state index in [2.05, 4.69) is 5.43 Å². The molecule has 1 heterocycles. The summed E-state index contributed by atoms with van der Waals surface area (Å²) in [7, 11) is 0. The highest BCUT2D eigenvalue weighted by Crippen LogP contribution is 2.31. The molecule has 2 nitrogen and oxygen atoms in total. The van der Waals surface area contributed by atoms with Crippen molar-refractivity contribution in [1.29, 1.82) is 0 Å². The molecule has 0 atom stereocenters. The van der Waals surface area contributed by atoms with Gasteiger partial charge in [0.05, 0.1) is 21.7 Å². The Bertz CT molecular complexity index is 1030. The quantitative estimate of drug-likeness (QED) is 0.489. The Morgan fingerprint density at radius 3 is 1.79 bits per heavy atom. The molecule has 4 rings (SSSR count). The van der Waals surface area contributed by atoms with Crippen LogP contribution in [0.2, 0.25) is 5.02 Å². The van der Waals surface area contributed by atoms with Crippen molar-refractivity contribution in [2.24, 2.45) is 0 Å².